The molecule has 1 amide bonds. The smallest absolute Gasteiger partial charge is 0.326 e. The van der Waals surface area contributed by atoms with Crippen molar-refractivity contribution in [1.82, 2.24) is 14.5 Å². The normalized spacial score (nSPS) is 11.9. The zero-order chi connectivity index (χ0) is 21.1. The summed E-state index contributed by atoms with van der Waals surface area (Å²) in [7, 11) is 0. The second kappa shape index (κ2) is 8.54. The Morgan fingerprint density at radius 1 is 1.13 bits per heavy atom. The van der Waals surface area contributed by atoms with Crippen molar-refractivity contribution in [3.63, 3.8) is 0 Å². The quantitative estimate of drug-likeness (QED) is 0.461. The largest absolute Gasteiger partial charge is 0.465 e. The molecule has 0 saturated carbocycles. The van der Waals surface area contributed by atoms with Crippen LogP contribution in [-0.2, 0) is 22.5 Å². The van der Waals surface area contributed by atoms with Gasteiger partial charge in [-0.3, -0.25) is 14.6 Å². The summed E-state index contributed by atoms with van der Waals surface area (Å²) in [5.41, 5.74) is 3.50. The second-order valence-corrected chi connectivity index (χ2v) is 7.60. The molecule has 2 heterocycles. The summed E-state index contributed by atoms with van der Waals surface area (Å²) in [6.45, 7) is 4.11. The van der Waals surface area contributed by atoms with Crippen LogP contribution in [0.4, 0.5) is 0 Å². The number of carbonyl (C=O) groups excluding carboxylic acids is 2. The van der Waals surface area contributed by atoms with E-state index in [9.17, 15) is 9.59 Å². The van der Waals surface area contributed by atoms with Crippen molar-refractivity contribution < 1.29 is 14.3 Å². The van der Waals surface area contributed by atoms with E-state index in [-0.39, 0.29) is 18.2 Å². The van der Waals surface area contributed by atoms with Gasteiger partial charge in [-0.2, -0.15) is 4.99 Å². The first-order chi connectivity index (χ1) is 14.6. The fourth-order valence-corrected chi connectivity index (χ4v) is 4.21. The molecule has 152 valence electrons. The number of ether oxygens (including phenoxy) is 1. The standard InChI is InChI=1S/C22H20N4O3S/c1-3-14-9-10-18-19(11-14)30-22(26(18)13-20(27)29-4-2)25-21(28)17-12-23-15-7-5-6-8-16(15)24-17/h5-12H,3-4,13H2,1-2H3. The monoisotopic (exact) mass is 420 g/mol. The third kappa shape index (κ3) is 3.99. The lowest BCUT2D eigenvalue weighted by atomic mass is 10.2. The number of rotatable bonds is 5. The molecule has 0 aliphatic carbocycles. The Morgan fingerprint density at radius 2 is 1.93 bits per heavy atom. The molecule has 0 saturated heterocycles. The molecule has 8 heteroatoms. The first kappa shape index (κ1) is 19.9. The fourth-order valence-electron chi connectivity index (χ4n) is 3.12. The Morgan fingerprint density at radius 3 is 2.70 bits per heavy atom. The highest BCUT2D eigenvalue weighted by atomic mass is 32.1. The molecule has 0 aliphatic rings. The topological polar surface area (TPSA) is 86.4 Å². The van der Waals surface area contributed by atoms with Gasteiger partial charge in [0.15, 0.2) is 4.80 Å². The van der Waals surface area contributed by atoms with E-state index in [1.807, 2.05) is 30.3 Å². The maximum atomic E-state index is 12.8. The van der Waals surface area contributed by atoms with E-state index in [1.54, 1.807) is 17.6 Å². The molecule has 2 aromatic heterocycles. The molecular formula is C22H20N4O3S. The highest BCUT2D eigenvalue weighted by molar-refractivity contribution is 7.16. The molecule has 0 N–H and O–H groups in total. The summed E-state index contributed by atoms with van der Waals surface area (Å²) in [4.78, 5) is 38.3. The van der Waals surface area contributed by atoms with Crippen LogP contribution in [0.25, 0.3) is 21.3 Å². The summed E-state index contributed by atoms with van der Waals surface area (Å²) in [6, 6.07) is 13.3. The molecule has 0 bridgehead atoms. The lowest BCUT2D eigenvalue weighted by molar-refractivity contribution is -0.143. The van der Waals surface area contributed by atoms with E-state index in [0.29, 0.717) is 22.4 Å². The number of fused-ring (bicyclic) bond motifs is 2. The predicted molar refractivity (Wildman–Crippen MR) is 115 cm³/mol. The number of aromatic nitrogens is 3. The molecule has 7 nitrogen and oxygen atoms in total. The molecule has 0 atom stereocenters. The van der Waals surface area contributed by atoms with E-state index < -0.39 is 5.91 Å². The lowest BCUT2D eigenvalue weighted by Gasteiger charge is -2.05. The SMILES string of the molecule is CCOC(=O)Cn1c(=NC(=O)c2cnc3ccccc3n2)sc2cc(CC)ccc21. The highest BCUT2D eigenvalue weighted by Crippen LogP contribution is 2.20. The van der Waals surface area contributed by atoms with Gasteiger partial charge >= 0.3 is 5.97 Å². The van der Waals surface area contributed by atoms with Crippen molar-refractivity contribution >= 4 is 44.5 Å². The van der Waals surface area contributed by atoms with Gasteiger partial charge in [-0.05, 0) is 43.2 Å². The average molecular weight is 420 g/mol. The Hall–Kier alpha value is -3.39. The van der Waals surface area contributed by atoms with Gasteiger partial charge in [0.1, 0.15) is 12.2 Å². The maximum absolute atomic E-state index is 12.8. The van der Waals surface area contributed by atoms with Crippen LogP contribution >= 0.6 is 11.3 Å². The van der Waals surface area contributed by atoms with Gasteiger partial charge in [0.2, 0.25) is 0 Å². The van der Waals surface area contributed by atoms with E-state index >= 15 is 0 Å². The second-order valence-electron chi connectivity index (χ2n) is 6.59. The Balaban J connectivity index is 1.81. The number of nitrogens with zero attached hydrogens (tertiary/aromatic N) is 4. The van der Waals surface area contributed by atoms with Crippen molar-refractivity contribution in [2.75, 3.05) is 6.61 Å². The molecule has 0 unspecified atom stereocenters. The minimum Gasteiger partial charge on any atom is -0.465 e. The van der Waals surface area contributed by atoms with Gasteiger partial charge in [0.25, 0.3) is 5.91 Å². The number of benzene rings is 2. The van der Waals surface area contributed by atoms with E-state index in [1.165, 1.54) is 23.1 Å². The first-order valence-electron chi connectivity index (χ1n) is 9.67. The van der Waals surface area contributed by atoms with E-state index in [2.05, 4.69) is 28.0 Å². The third-order valence-electron chi connectivity index (χ3n) is 4.61. The zero-order valence-electron chi connectivity index (χ0n) is 16.7. The number of esters is 1. The van der Waals surface area contributed by atoms with Crippen LogP contribution in [0.1, 0.15) is 29.9 Å². The van der Waals surface area contributed by atoms with Crippen molar-refractivity contribution in [2.24, 2.45) is 4.99 Å². The minimum atomic E-state index is -0.506. The molecule has 0 spiro atoms. The first-order valence-corrected chi connectivity index (χ1v) is 10.5. The van der Waals surface area contributed by atoms with E-state index in [0.717, 1.165) is 16.6 Å². The lowest BCUT2D eigenvalue weighted by Crippen LogP contribution is -2.23. The number of amides is 1. The van der Waals surface area contributed by atoms with Gasteiger partial charge in [0, 0.05) is 0 Å². The van der Waals surface area contributed by atoms with Gasteiger partial charge in [0.05, 0.1) is 34.1 Å². The number of hydrogen-bond acceptors (Lipinski definition) is 6. The number of aryl methyl sites for hydroxylation is 1. The van der Waals surface area contributed by atoms with E-state index in [4.69, 9.17) is 4.74 Å². The van der Waals surface area contributed by atoms with Crippen LogP contribution < -0.4 is 4.80 Å². The molecule has 0 aliphatic heterocycles. The van der Waals surface area contributed by atoms with Crippen LogP contribution in [0.15, 0.2) is 53.7 Å². The van der Waals surface area contributed by atoms with Gasteiger partial charge < -0.3 is 9.30 Å². The number of thiazole rings is 1. The highest BCUT2D eigenvalue weighted by Gasteiger charge is 2.14. The Kier molecular flexibility index (Phi) is 5.67. The van der Waals surface area contributed by atoms with Crippen LogP contribution in [0.5, 0.6) is 0 Å². The molecule has 4 rings (SSSR count). The molecule has 2 aromatic carbocycles. The molecule has 30 heavy (non-hydrogen) atoms. The fraction of sp³-hybridized carbons (Fsp3) is 0.227. The van der Waals surface area contributed by atoms with Crippen molar-refractivity contribution in [3.8, 4) is 0 Å². The average Bonchev–Trinajstić information content (AvgIpc) is 3.09. The summed E-state index contributed by atoms with van der Waals surface area (Å²) >= 11 is 1.36. The van der Waals surface area contributed by atoms with Crippen LogP contribution in [0.2, 0.25) is 0 Å². The van der Waals surface area contributed by atoms with Crippen LogP contribution in [0.3, 0.4) is 0 Å². The number of carbonyl (C=O) groups is 2. The Bertz CT molecular complexity index is 1320. The van der Waals surface area contributed by atoms with Crippen molar-refractivity contribution in [1.29, 1.82) is 0 Å². The van der Waals surface area contributed by atoms with Crippen molar-refractivity contribution in [2.45, 2.75) is 26.8 Å². The Labute approximate surface area is 176 Å². The summed E-state index contributed by atoms with van der Waals surface area (Å²) in [5.74, 6) is -0.885. The number of hydrogen-bond donors (Lipinski definition) is 0. The molecule has 0 fully saturated rings. The van der Waals surface area contributed by atoms with Crippen LogP contribution in [0, 0.1) is 0 Å². The summed E-state index contributed by atoms with van der Waals surface area (Å²) in [5, 5.41) is 0. The molecule has 4 aromatic rings. The minimum absolute atomic E-state index is 0.0190. The van der Waals surface area contributed by atoms with Crippen molar-refractivity contribution in [3.05, 3.63) is 64.7 Å². The van der Waals surface area contributed by atoms with Gasteiger partial charge in [-0.25, -0.2) is 4.98 Å². The predicted octanol–water partition coefficient (Wildman–Crippen LogP) is 3.51. The summed E-state index contributed by atoms with van der Waals surface area (Å²) < 4.78 is 7.76. The molecular weight excluding hydrogens is 400 g/mol. The number of para-hydroxylation sites is 2. The zero-order valence-corrected chi connectivity index (χ0v) is 17.5. The van der Waals surface area contributed by atoms with Crippen LogP contribution in [-0.4, -0.2) is 33.0 Å². The molecule has 0 radical (unpaired) electrons. The van der Waals surface area contributed by atoms with Gasteiger partial charge in [-0.1, -0.05) is 36.5 Å². The third-order valence-corrected chi connectivity index (χ3v) is 5.65. The van der Waals surface area contributed by atoms with Gasteiger partial charge in [-0.15, -0.1) is 0 Å². The summed E-state index contributed by atoms with van der Waals surface area (Å²) in [6.07, 6.45) is 2.32. The maximum Gasteiger partial charge on any atom is 0.326 e.